The molecule has 0 unspecified atom stereocenters. The Labute approximate surface area is 479 Å². The van der Waals surface area contributed by atoms with Gasteiger partial charge in [0, 0.05) is 19.3 Å². The van der Waals surface area contributed by atoms with Crippen LogP contribution in [0.2, 0.25) is 0 Å². The molecule has 0 radical (unpaired) electrons. The molecule has 2 aromatic carbocycles. The van der Waals surface area contributed by atoms with Crippen LogP contribution >= 0.6 is 0 Å². The zero-order chi connectivity index (χ0) is 61.8. The zero-order valence-electron chi connectivity index (χ0n) is 48.7. The van der Waals surface area contributed by atoms with Crippen LogP contribution in [0.5, 0.6) is 0 Å². The third-order valence-electron chi connectivity index (χ3n) is 13.5. The fourth-order valence-corrected chi connectivity index (χ4v) is 8.29. The second-order valence-electron chi connectivity index (χ2n) is 21.5. The highest BCUT2D eigenvalue weighted by atomic mass is 16.4. The highest BCUT2D eigenvalue weighted by Gasteiger charge is 2.35. The summed E-state index contributed by atoms with van der Waals surface area (Å²) in [5, 5.41) is 44.1. The van der Waals surface area contributed by atoms with Crippen LogP contribution in [0.4, 0.5) is 0 Å². The fourth-order valence-electron chi connectivity index (χ4n) is 8.29. The third kappa shape index (κ3) is 25.7. The van der Waals surface area contributed by atoms with Crippen LogP contribution in [0.15, 0.2) is 60.7 Å². The van der Waals surface area contributed by atoms with Gasteiger partial charge in [-0.05, 0) is 67.9 Å². The lowest BCUT2D eigenvalue weighted by molar-refractivity contribution is -0.144. The van der Waals surface area contributed by atoms with Gasteiger partial charge in [-0.1, -0.05) is 129 Å². The van der Waals surface area contributed by atoms with Crippen LogP contribution in [0, 0.1) is 23.7 Å². The Bertz CT molecular complexity index is 2480. The Hall–Kier alpha value is -7.96. The number of rotatable bonds is 36. The number of carboxylic acid groups (broad SMARTS) is 2. The number of aliphatic carboxylic acids is 2. The van der Waals surface area contributed by atoms with Gasteiger partial charge in [0.05, 0.1) is 19.1 Å². The number of carbonyl (C=O) groups excluding carboxylic acids is 10. The third-order valence-corrected chi connectivity index (χ3v) is 13.5. The maximum atomic E-state index is 13.9. The van der Waals surface area contributed by atoms with E-state index in [1.165, 1.54) is 13.8 Å². The van der Waals surface area contributed by atoms with Crippen LogP contribution in [0.3, 0.4) is 0 Å². The molecule has 0 aliphatic rings. The van der Waals surface area contributed by atoms with E-state index in [1.54, 1.807) is 82.3 Å². The number of carbonyl (C=O) groups is 12. The molecule has 14 N–H and O–H groups in total. The van der Waals surface area contributed by atoms with Gasteiger partial charge in [-0.2, -0.15) is 0 Å². The number of nitrogens with two attached hydrogens (primary N) is 1. The number of hydrogen-bond donors (Lipinski definition) is 13. The fraction of sp³-hybridized carbons (Fsp3) is 0.579. The van der Waals surface area contributed by atoms with E-state index < -0.39 is 163 Å². The van der Waals surface area contributed by atoms with Gasteiger partial charge < -0.3 is 69.1 Å². The van der Waals surface area contributed by atoms with Crippen molar-refractivity contribution < 1.29 is 67.7 Å². The van der Waals surface area contributed by atoms with E-state index in [0.717, 1.165) is 5.56 Å². The molecule has 0 heterocycles. The summed E-state index contributed by atoms with van der Waals surface area (Å²) in [6.07, 6.45) is 0.393. The first-order valence-electron chi connectivity index (χ1n) is 27.8. The standard InChI is InChI=1S/C57H87N11O14/c1-11-33(7)47(67-50(74)36(10)61-44(69)29-60-52(76)41(26-32(5)6)66-53(77)43(28-38-21-17-14-18-22-38)65-51(75)39(58)25-31(3)4)55(79)62-35(9)49(73)59-30-45(70)63-42(27-37-19-15-13-16-20-37)54(78)68-48(34(8)12-2)56(80)64-40(57(81)82)23-24-46(71)72/h13-22,31-36,39-43,47-48H,11-12,23-30,58H2,1-10H3,(H,59,73)(H,60,76)(H,61,69)(H,62,79)(H,63,70)(H,64,80)(H,65,75)(H,66,77)(H,67,74)(H,68,78)(H,71,72)(H,81,82)/t33-,34-,35-,36-,39-,40-,41-,42-,43-,47-,48-/m0/s1. The van der Waals surface area contributed by atoms with Crippen molar-refractivity contribution in [3.63, 3.8) is 0 Å². The van der Waals surface area contributed by atoms with Gasteiger partial charge in [0.25, 0.3) is 0 Å². The maximum Gasteiger partial charge on any atom is 0.326 e. The molecule has 0 aliphatic carbocycles. The normalized spacial score (nSPS) is 15.1. The average molecular weight is 1150 g/mol. The van der Waals surface area contributed by atoms with Gasteiger partial charge >= 0.3 is 11.9 Å². The summed E-state index contributed by atoms with van der Waals surface area (Å²) in [6.45, 7) is 15.8. The van der Waals surface area contributed by atoms with Crippen LogP contribution in [0.1, 0.15) is 119 Å². The minimum atomic E-state index is -1.56. The molecule has 25 nitrogen and oxygen atoms in total. The van der Waals surface area contributed by atoms with Gasteiger partial charge in [-0.15, -0.1) is 0 Å². The van der Waals surface area contributed by atoms with Crippen LogP contribution in [-0.4, -0.2) is 149 Å². The van der Waals surface area contributed by atoms with Gasteiger partial charge in [0.15, 0.2) is 0 Å². The summed E-state index contributed by atoms with van der Waals surface area (Å²) >= 11 is 0. The molecule has 0 aliphatic heterocycles. The van der Waals surface area contributed by atoms with Crippen molar-refractivity contribution in [1.29, 1.82) is 0 Å². The molecule has 0 saturated heterocycles. The minimum Gasteiger partial charge on any atom is -0.481 e. The highest BCUT2D eigenvalue weighted by molar-refractivity contribution is 5.98. The van der Waals surface area contributed by atoms with Crippen LogP contribution < -0.4 is 58.9 Å². The predicted molar refractivity (Wildman–Crippen MR) is 303 cm³/mol. The van der Waals surface area contributed by atoms with Crippen LogP contribution in [0.25, 0.3) is 0 Å². The Morgan fingerprint density at radius 3 is 1.33 bits per heavy atom. The molecule has 82 heavy (non-hydrogen) atoms. The average Bonchev–Trinajstić information content (AvgIpc) is 3.42. The molecular formula is C57H87N11O14. The summed E-state index contributed by atoms with van der Waals surface area (Å²) in [4.78, 5) is 158. The monoisotopic (exact) mass is 1150 g/mol. The van der Waals surface area contributed by atoms with E-state index in [9.17, 15) is 62.6 Å². The van der Waals surface area contributed by atoms with Crippen molar-refractivity contribution in [3.05, 3.63) is 71.8 Å². The molecule has 0 bridgehead atoms. The summed E-state index contributed by atoms with van der Waals surface area (Å²) in [5.74, 6) is -11.2. The summed E-state index contributed by atoms with van der Waals surface area (Å²) in [7, 11) is 0. The van der Waals surface area contributed by atoms with E-state index in [-0.39, 0.29) is 31.1 Å². The highest BCUT2D eigenvalue weighted by Crippen LogP contribution is 2.14. The van der Waals surface area contributed by atoms with E-state index in [4.69, 9.17) is 10.8 Å². The Kier molecular flexibility index (Phi) is 30.5. The molecule has 2 rings (SSSR count). The molecule has 454 valence electrons. The summed E-state index contributed by atoms with van der Waals surface area (Å²) in [5.41, 5.74) is 7.49. The van der Waals surface area contributed by atoms with Crippen molar-refractivity contribution in [1.82, 2.24) is 53.2 Å². The minimum absolute atomic E-state index is 0.0680. The van der Waals surface area contributed by atoms with E-state index in [2.05, 4.69) is 53.2 Å². The number of hydrogen-bond acceptors (Lipinski definition) is 13. The van der Waals surface area contributed by atoms with E-state index >= 15 is 0 Å². The Morgan fingerprint density at radius 1 is 0.439 bits per heavy atom. The molecule has 0 spiro atoms. The second-order valence-corrected chi connectivity index (χ2v) is 21.5. The first kappa shape index (κ1) is 70.1. The number of nitrogens with one attached hydrogen (secondary N) is 10. The van der Waals surface area contributed by atoms with Gasteiger partial charge in [-0.3, -0.25) is 52.7 Å². The number of benzene rings is 2. The SMILES string of the molecule is CC[C@H](C)[C@H](NC(=O)[C@H](C)NC(=O)CNC(=O)[C@H](CC(C)C)NC(=O)[C@H](Cc1ccccc1)NC(=O)[C@@H](N)CC(C)C)C(=O)N[C@@H](C)C(=O)NCC(=O)N[C@@H](Cc1ccccc1)C(=O)N[C@H](C(=O)N[C@@H](CCC(=O)O)C(=O)O)[C@@H](C)CC. The second kappa shape index (κ2) is 35.7. The van der Waals surface area contributed by atoms with Crippen molar-refractivity contribution in [2.24, 2.45) is 29.4 Å². The topological polar surface area (TPSA) is 392 Å². The predicted octanol–water partition coefficient (Wildman–Crippen LogP) is 0.0835. The lowest BCUT2D eigenvalue weighted by Crippen LogP contribution is -2.59. The molecule has 0 fully saturated rings. The van der Waals surface area contributed by atoms with Crippen molar-refractivity contribution in [2.45, 2.75) is 175 Å². The molecule has 2 aromatic rings. The quantitative estimate of drug-likeness (QED) is 0.0430. The van der Waals surface area contributed by atoms with Gasteiger partial charge in [-0.25, -0.2) is 4.79 Å². The lowest BCUT2D eigenvalue weighted by atomic mass is 9.96. The molecule has 0 aromatic heterocycles. The molecular weight excluding hydrogens is 1060 g/mol. The van der Waals surface area contributed by atoms with Gasteiger partial charge in [0.2, 0.25) is 59.1 Å². The van der Waals surface area contributed by atoms with E-state index in [1.807, 2.05) is 33.8 Å². The van der Waals surface area contributed by atoms with Crippen molar-refractivity contribution in [2.75, 3.05) is 13.1 Å². The first-order chi connectivity index (χ1) is 38.6. The molecule has 0 saturated carbocycles. The molecule has 11 atom stereocenters. The maximum absolute atomic E-state index is 13.9. The lowest BCUT2D eigenvalue weighted by Gasteiger charge is -2.28. The Morgan fingerprint density at radius 2 is 0.854 bits per heavy atom. The smallest absolute Gasteiger partial charge is 0.326 e. The van der Waals surface area contributed by atoms with Crippen LogP contribution in [-0.2, 0) is 70.4 Å². The number of carboxylic acids is 2. The molecule has 25 heteroatoms. The van der Waals surface area contributed by atoms with E-state index in [0.29, 0.717) is 24.8 Å². The van der Waals surface area contributed by atoms with Crippen molar-refractivity contribution >= 4 is 71.0 Å². The summed E-state index contributed by atoms with van der Waals surface area (Å²) in [6, 6.07) is 6.58. The molecule has 10 amide bonds. The zero-order valence-corrected chi connectivity index (χ0v) is 48.7. The number of amides is 10. The first-order valence-corrected chi connectivity index (χ1v) is 27.8. The largest absolute Gasteiger partial charge is 0.481 e. The Balaban J connectivity index is 2.09. The van der Waals surface area contributed by atoms with Gasteiger partial charge in [0.1, 0.15) is 48.3 Å². The summed E-state index contributed by atoms with van der Waals surface area (Å²) < 4.78 is 0. The van der Waals surface area contributed by atoms with Crippen molar-refractivity contribution in [3.8, 4) is 0 Å².